The monoisotopic (exact) mass is 1090 g/mol. The van der Waals surface area contributed by atoms with E-state index in [0.717, 1.165) is 30.6 Å². The Morgan fingerprint density at radius 3 is 1.20 bits per heavy atom. The topological polar surface area (TPSA) is 61.1 Å². The minimum absolute atomic E-state index is 0.229. The molecule has 0 fully saturated rings. The third-order valence-corrected chi connectivity index (χ3v) is 23.2. The number of thiophene rings is 8. The number of rotatable bonds is 29. The first-order valence-electron chi connectivity index (χ1n) is 26.0. The van der Waals surface area contributed by atoms with E-state index in [1.165, 1.54) is 199 Å². The molecule has 8 aromatic rings. The Kier molecular flexibility index (Phi) is 20.4. The fourth-order valence-corrected chi connectivity index (χ4v) is 18.6. The lowest BCUT2D eigenvalue weighted by molar-refractivity contribution is -0.132. The van der Waals surface area contributed by atoms with Crippen LogP contribution in [-0.2, 0) is 30.5 Å². The molecule has 0 bridgehead atoms. The molecule has 0 saturated carbocycles. The molecule has 8 rings (SSSR count). The first-order chi connectivity index (χ1) is 34.8. The third-order valence-electron chi connectivity index (χ3n) is 13.1. The number of aliphatic carboxylic acids is 1. The Labute approximate surface area is 455 Å². The van der Waals surface area contributed by atoms with Crippen molar-refractivity contribution < 1.29 is 9.90 Å². The van der Waals surface area contributed by atoms with E-state index < -0.39 is 5.97 Å². The Morgan fingerprint density at radius 2 is 0.803 bits per heavy atom. The molecule has 0 spiro atoms. The molecule has 1 N–H and O–H groups in total. The number of carbonyl (C=O) groups is 1. The van der Waals surface area contributed by atoms with Crippen molar-refractivity contribution >= 4 is 103 Å². The van der Waals surface area contributed by atoms with E-state index in [4.69, 9.17) is 0 Å². The van der Waals surface area contributed by atoms with Gasteiger partial charge in [0.15, 0.2) is 0 Å². The van der Waals surface area contributed by atoms with Gasteiger partial charge in [0.1, 0.15) is 11.6 Å². The second-order valence-electron chi connectivity index (χ2n) is 18.6. The molecule has 71 heavy (non-hydrogen) atoms. The normalized spacial score (nSPS) is 11.8. The molecule has 3 nitrogen and oxygen atoms in total. The highest BCUT2D eigenvalue weighted by Crippen LogP contribution is 2.51. The van der Waals surface area contributed by atoms with E-state index in [2.05, 4.69) is 106 Å². The summed E-state index contributed by atoms with van der Waals surface area (Å²) >= 11 is 15.1. The molecule has 0 amide bonds. The number of hydrogen-bond donors (Lipinski definition) is 1. The summed E-state index contributed by atoms with van der Waals surface area (Å²) in [6.45, 7) is 9.11. The molecule has 0 aromatic carbocycles. The quantitative estimate of drug-likeness (QED) is 0.0289. The minimum atomic E-state index is -1.18. The largest absolute Gasteiger partial charge is 0.477 e. The van der Waals surface area contributed by atoms with Crippen LogP contribution < -0.4 is 0 Å². The Bertz CT molecular complexity index is 3010. The number of nitriles is 1. The van der Waals surface area contributed by atoms with Crippen LogP contribution >= 0.6 is 90.7 Å². The highest BCUT2D eigenvalue weighted by molar-refractivity contribution is 7.31. The van der Waals surface area contributed by atoms with E-state index in [0.29, 0.717) is 0 Å². The van der Waals surface area contributed by atoms with Gasteiger partial charge in [-0.2, -0.15) is 5.26 Å². The first-order valence-corrected chi connectivity index (χ1v) is 32.6. The number of carboxylic acids is 1. The van der Waals surface area contributed by atoms with E-state index >= 15 is 0 Å². The summed E-state index contributed by atoms with van der Waals surface area (Å²) in [5.41, 5.74) is 5.51. The van der Waals surface area contributed by atoms with E-state index in [1.54, 1.807) is 11.3 Å². The van der Waals surface area contributed by atoms with Gasteiger partial charge in [0.05, 0.1) is 0 Å². The lowest BCUT2D eigenvalue weighted by atomic mass is 10.0. The third kappa shape index (κ3) is 13.9. The standard InChI is InChI=1S/C60H67NO2S8/c1-5-9-13-17-21-40-33-34-64-56(40)50-29-25-46(66-50)47-27-31-52(68-47)58-42(23-19-15-11-7-3)37-54(70-58)55-38-43(24-20-16-12-8-4)59(71-55)53-32-28-49(69-53)48-26-30-51(67-48)57-41(22-18-14-10-6-2)35-45(65-57)36-44(39-61)60(62)63/h25-38H,5-24H2,1-4H3,(H,62,63)/b44-36+. The lowest BCUT2D eigenvalue weighted by Gasteiger charge is -2.02. The molecule has 0 aliphatic heterocycles. The van der Waals surface area contributed by atoms with E-state index in [9.17, 15) is 15.2 Å². The van der Waals surface area contributed by atoms with Crippen LogP contribution in [0.2, 0.25) is 0 Å². The van der Waals surface area contributed by atoms with Crippen LogP contribution in [0.3, 0.4) is 0 Å². The molecule has 8 heterocycles. The van der Waals surface area contributed by atoms with Crippen molar-refractivity contribution in [3.8, 4) is 74.3 Å². The lowest BCUT2D eigenvalue weighted by Crippen LogP contribution is -1.96. The van der Waals surface area contributed by atoms with Crippen molar-refractivity contribution in [2.24, 2.45) is 0 Å². The van der Waals surface area contributed by atoms with Gasteiger partial charge < -0.3 is 5.11 Å². The van der Waals surface area contributed by atoms with Gasteiger partial charge in [-0.25, -0.2) is 4.79 Å². The van der Waals surface area contributed by atoms with Gasteiger partial charge in [-0.15, -0.1) is 90.7 Å². The van der Waals surface area contributed by atoms with Crippen LogP contribution in [-0.4, -0.2) is 11.1 Å². The van der Waals surface area contributed by atoms with Crippen LogP contribution in [0.15, 0.2) is 83.7 Å². The average molecular weight is 1090 g/mol. The van der Waals surface area contributed by atoms with Crippen molar-refractivity contribution in [1.29, 1.82) is 5.26 Å². The fourth-order valence-electron chi connectivity index (χ4n) is 9.18. The maximum Gasteiger partial charge on any atom is 0.346 e. The van der Waals surface area contributed by atoms with Gasteiger partial charge in [0.2, 0.25) is 0 Å². The van der Waals surface area contributed by atoms with Crippen molar-refractivity contribution in [1.82, 2.24) is 0 Å². The predicted octanol–water partition coefficient (Wildman–Crippen LogP) is 22.3. The molecule has 0 unspecified atom stereocenters. The van der Waals surface area contributed by atoms with E-state index in [-0.39, 0.29) is 5.57 Å². The Balaban J connectivity index is 1.07. The van der Waals surface area contributed by atoms with Crippen molar-refractivity contribution in [2.75, 3.05) is 0 Å². The summed E-state index contributed by atoms with van der Waals surface area (Å²) in [4.78, 5) is 31.5. The van der Waals surface area contributed by atoms with Gasteiger partial charge in [0, 0.05) is 73.2 Å². The molecule has 0 aliphatic carbocycles. The molecular formula is C60H67NO2S8. The molecule has 372 valence electrons. The molecule has 0 saturated heterocycles. The number of nitrogens with zero attached hydrogens (tertiary/aromatic N) is 1. The van der Waals surface area contributed by atoms with Crippen molar-refractivity contribution in [3.63, 3.8) is 0 Å². The first kappa shape index (κ1) is 53.6. The molecule has 0 aliphatic rings. The Hall–Kier alpha value is -3.70. The number of aryl methyl sites for hydroxylation is 4. The summed E-state index contributed by atoms with van der Waals surface area (Å²) in [6.07, 6.45) is 25.7. The number of unbranched alkanes of at least 4 members (excludes halogenated alkanes) is 12. The van der Waals surface area contributed by atoms with Gasteiger partial charge in [0.25, 0.3) is 0 Å². The zero-order chi connectivity index (χ0) is 49.5. The van der Waals surface area contributed by atoms with Gasteiger partial charge in [-0.05, 0) is 158 Å². The van der Waals surface area contributed by atoms with Crippen LogP contribution in [0, 0.1) is 11.3 Å². The maximum atomic E-state index is 11.7. The summed E-state index contributed by atoms with van der Waals surface area (Å²) in [5.74, 6) is -1.18. The highest BCUT2D eigenvalue weighted by atomic mass is 32.1. The molecular weight excluding hydrogens is 1020 g/mol. The van der Waals surface area contributed by atoms with Gasteiger partial charge >= 0.3 is 5.97 Å². The molecule has 8 aromatic heterocycles. The Morgan fingerprint density at radius 1 is 0.437 bits per heavy atom. The molecule has 0 atom stereocenters. The zero-order valence-electron chi connectivity index (χ0n) is 41.8. The molecule has 11 heteroatoms. The van der Waals surface area contributed by atoms with Crippen LogP contribution in [0.5, 0.6) is 0 Å². The fraction of sp³-hybridized carbons (Fsp3) is 0.400. The predicted molar refractivity (Wildman–Crippen MR) is 320 cm³/mol. The summed E-state index contributed by atoms with van der Waals surface area (Å²) in [6, 6.07) is 30.0. The summed E-state index contributed by atoms with van der Waals surface area (Å²) in [7, 11) is 0. The van der Waals surface area contributed by atoms with Crippen molar-refractivity contribution in [3.05, 3.63) is 111 Å². The SMILES string of the molecule is CCCCCCc1ccsc1-c1ccc(-c2ccc(-c3sc(-c4cc(CCCCCC)c(-c5ccc(-c6ccc(-c7sc(/C=C(\C#N)C(=O)O)cc7CCCCCC)s6)s5)s4)cc3CCCCCC)s2)s1. The minimum Gasteiger partial charge on any atom is -0.477 e. The smallest absolute Gasteiger partial charge is 0.346 e. The van der Waals surface area contributed by atoms with E-state index in [1.807, 2.05) is 85.4 Å². The summed E-state index contributed by atoms with van der Waals surface area (Å²) < 4.78 is 0. The van der Waals surface area contributed by atoms with Crippen LogP contribution in [0.1, 0.15) is 158 Å². The average Bonchev–Trinajstić information content (AvgIpc) is 4.23. The summed E-state index contributed by atoms with van der Waals surface area (Å²) in [5, 5.41) is 21.4. The highest BCUT2D eigenvalue weighted by Gasteiger charge is 2.22. The second kappa shape index (κ2) is 27.0. The second-order valence-corrected chi connectivity index (χ2v) is 27.0. The number of hydrogen-bond acceptors (Lipinski definition) is 10. The van der Waals surface area contributed by atoms with Crippen LogP contribution in [0.25, 0.3) is 74.4 Å². The zero-order valence-corrected chi connectivity index (χ0v) is 48.3. The molecule has 0 radical (unpaired) electrons. The number of carboxylic acid groups (broad SMARTS) is 1. The van der Waals surface area contributed by atoms with Crippen LogP contribution in [0.4, 0.5) is 0 Å². The van der Waals surface area contributed by atoms with Gasteiger partial charge in [-0.1, -0.05) is 105 Å². The maximum absolute atomic E-state index is 11.7. The van der Waals surface area contributed by atoms with Crippen molar-refractivity contribution in [2.45, 2.75) is 156 Å². The van der Waals surface area contributed by atoms with Gasteiger partial charge in [-0.3, -0.25) is 0 Å².